The minimum Gasteiger partial charge on any atom is -0.248 e. The van der Waals surface area contributed by atoms with E-state index in [1.807, 2.05) is 24.3 Å². The zero-order valence-electron chi connectivity index (χ0n) is 17.4. The molecule has 0 aliphatic heterocycles. The highest BCUT2D eigenvalue weighted by Crippen LogP contribution is 2.43. The monoisotopic (exact) mass is 429 g/mol. The molecule has 0 atom stereocenters. The standard InChI is InChI=1S/C30H20ClN/c31-25-11-6-10-22(18-25)28-19-24(14-13-20-7-2-1-3-8-20)30-27(32-28)16-15-23-17-21-9-4-5-12-26(21)29(23)30/h1-16,18-19H,17H2. The average Bonchev–Trinajstić information content (AvgIpc) is 3.22. The van der Waals surface area contributed by atoms with Gasteiger partial charge in [-0.15, -0.1) is 0 Å². The number of halogens is 1. The van der Waals surface area contributed by atoms with Crippen molar-refractivity contribution < 1.29 is 0 Å². The maximum Gasteiger partial charge on any atom is 0.0722 e. The summed E-state index contributed by atoms with van der Waals surface area (Å²) in [5.41, 5.74) is 10.7. The lowest BCUT2D eigenvalue weighted by Crippen LogP contribution is -1.92. The van der Waals surface area contributed by atoms with Gasteiger partial charge < -0.3 is 0 Å². The SMILES string of the molecule is Clc1cccc(-c2cc(C=Cc3ccccc3)c3c4c(ccc3n2)Cc2ccccc2-4)c1. The second kappa shape index (κ2) is 7.78. The summed E-state index contributed by atoms with van der Waals surface area (Å²) in [6.45, 7) is 0. The fourth-order valence-electron chi connectivity index (χ4n) is 4.66. The minimum atomic E-state index is 0.716. The zero-order valence-corrected chi connectivity index (χ0v) is 18.2. The molecule has 0 saturated carbocycles. The van der Waals surface area contributed by atoms with Crippen LogP contribution in [0.25, 0.3) is 45.4 Å². The molecule has 1 aliphatic carbocycles. The van der Waals surface area contributed by atoms with Gasteiger partial charge in [-0.25, -0.2) is 4.98 Å². The van der Waals surface area contributed by atoms with E-state index in [0.717, 1.165) is 23.2 Å². The minimum absolute atomic E-state index is 0.716. The van der Waals surface area contributed by atoms with E-state index < -0.39 is 0 Å². The highest BCUT2D eigenvalue weighted by atomic mass is 35.5. The predicted molar refractivity (Wildman–Crippen MR) is 136 cm³/mol. The Kier molecular flexibility index (Phi) is 4.63. The smallest absolute Gasteiger partial charge is 0.0722 e. The number of benzene rings is 4. The summed E-state index contributed by atoms with van der Waals surface area (Å²) in [4.78, 5) is 5.06. The first kappa shape index (κ1) is 19.0. The molecule has 1 nitrogen and oxygen atoms in total. The molecule has 0 bridgehead atoms. The fourth-order valence-corrected chi connectivity index (χ4v) is 4.85. The van der Waals surface area contributed by atoms with Crippen LogP contribution < -0.4 is 0 Å². The van der Waals surface area contributed by atoms with Gasteiger partial charge in [0.05, 0.1) is 11.2 Å². The van der Waals surface area contributed by atoms with Gasteiger partial charge in [0.2, 0.25) is 0 Å². The van der Waals surface area contributed by atoms with Crippen molar-refractivity contribution in [2.45, 2.75) is 6.42 Å². The van der Waals surface area contributed by atoms with Crippen LogP contribution in [0.2, 0.25) is 5.02 Å². The summed E-state index contributed by atoms with van der Waals surface area (Å²) in [5.74, 6) is 0. The Morgan fingerprint density at radius 1 is 0.719 bits per heavy atom. The van der Waals surface area contributed by atoms with Crippen molar-refractivity contribution in [3.8, 4) is 22.4 Å². The Bertz CT molecular complexity index is 1500. The van der Waals surface area contributed by atoms with Crippen LogP contribution in [0.15, 0.2) is 97.1 Å². The van der Waals surface area contributed by atoms with Crippen molar-refractivity contribution in [1.29, 1.82) is 0 Å². The molecule has 2 heteroatoms. The number of hydrogen-bond acceptors (Lipinski definition) is 1. The molecule has 152 valence electrons. The van der Waals surface area contributed by atoms with Gasteiger partial charge >= 0.3 is 0 Å². The number of aromatic nitrogens is 1. The highest BCUT2D eigenvalue weighted by molar-refractivity contribution is 6.30. The normalized spacial score (nSPS) is 12.3. The molecule has 4 aromatic carbocycles. The number of rotatable bonds is 3. The van der Waals surface area contributed by atoms with Crippen molar-refractivity contribution >= 4 is 34.7 Å². The number of pyridine rings is 1. The molecular weight excluding hydrogens is 410 g/mol. The lowest BCUT2D eigenvalue weighted by atomic mass is 9.95. The molecule has 6 rings (SSSR count). The van der Waals surface area contributed by atoms with E-state index in [4.69, 9.17) is 16.6 Å². The van der Waals surface area contributed by atoms with Crippen molar-refractivity contribution in [3.05, 3.63) is 124 Å². The Balaban J connectivity index is 1.63. The van der Waals surface area contributed by atoms with Crippen molar-refractivity contribution in [2.24, 2.45) is 0 Å². The Morgan fingerprint density at radius 3 is 2.44 bits per heavy atom. The second-order valence-electron chi connectivity index (χ2n) is 8.18. The molecule has 1 heterocycles. The second-order valence-corrected chi connectivity index (χ2v) is 8.62. The first-order valence-corrected chi connectivity index (χ1v) is 11.2. The van der Waals surface area contributed by atoms with Crippen molar-refractivity contribution in [2.75, 3.05) is 0 Å². The quantitative estimate of drug-likeness (QED) is 0.275. The van der Waals surface area contributed by atoms with Crippen LogP contribution in [0, 0.1) is 0 Å². The first-order valence-electron chi connectivity index (χ1n) is 10.8. The number of fused-ring (bicyclic) bond motifs is 5. The van der Waals surface area contributed by atoms with E-state index in [1.54, 1.807) is 0 Å². The maximum atomic E-state index is 6.29. The average molecular weight is 430 g/mol. The van der Waals surface area contributed by atoms with Crippen molar-refractivity contribution in [1.82, 2.24) is 4.98 Å². The summed E-state index contributed by atoms with van der Waals surface area (Å²) in [6, 6.07) is 33.6. The van der Waals surface area contributed by atoms with E-state index in [2.05, 4.69) is 84.9 Å². The fraction of sp³-hybridized carbons (Fsp3) is 0.0333. The van der Waals surface area contributed by atoms with Crippen molar-refractivity contribution in [3.63, 3.8) is 0 Å². The zero-order chi connectivity index (χ0) is 21.5. The third kappa shape index (κ3) is 3.32. The number of nitrogens with zero attached hydrogens (tertiary/aromatic N) is 1. The van der Waals surface area contributed by atoms with E-state index in [-0.39, 0.29) is 0 Å². The Hall–Kier alpha value is -3.68. The van der Waals surface area contributed by atoms with Gasteiger partial charge in [-0.3, -0.25) is 0 Å². The summed E-state index contributed by atoms with van der Waals surface area (Å²) >= 11 is 6.29. The third-order valence-electron chi connectivity index (χ3n) is 6.13. The van der Waals surface area contributed by atoms with Crippen LogP contribution in [-0.4, -0.2) is 4.98 Å². The molecule has 32 heavy (non-hydrogen) atoms. The number of hydrogen-bond donors (Lipinski definition) is 0. The van der Waals surface area contributed by atoms with Crippen LogP contribution in [0.3, 0.4) is 0 Å². The molecule has 5 aromatic rings. The molecule has 0 fully saturated rings. The summed E-state index contributed by atoms with van der Waals surface area (Å²) < 4.78 is 0. The van der Waals surface area contributed by atoms with Gasteiger partial charge in [-0.2, -0.15) is 0 Å². The third-order valence-corrected chi connectivity index (χ3v) is 6.37. The maximum absolute atomic E-state index is 6.29. The predicted octanol–water partition coefficient (Wildman–Crippen LogP) is 8.30. The molecule has 1 aromatic heterocycles. The van der Waals surface area contributed by atoms with Gasteiger partial charge in [0, 0.05) is 16.0 Å². The van der Waals surface area contributed by atoms with E-state index >= 15 is 0 Å². The van der Waals surface area contributed by atoms with E-state index in [0.29, 0.717) is 5.02 Å². The lowest BCUT2D eigenvalue weighted by Gasteiger charge is -2.13. The molecule has 0 saturated heterocycles. The van der Waals surface area contributed by atoms with Gasteiger partial charge in [0.1, 0.15) is 0 Å². The Morgan fingerprint density at radius 2 is 1.56 bits per heavy atom. The first-order chi connectivity index (χ1) is 15.8. The lowest BCUT2D eigenvalue weighted by molar-refractivity contribution is 1.26. The molecule has 0 amide bonds. The van der Waals surface area contributed by atoms with Crippen LogP contribution >= 0.6 is 11.6 Å². The van der Waals surface area contributed by atoms with Crippen LogP contribution in [0.1, 0.15) is 22.3 Å². The molecule has 0 spiro atoms. The van der Waals surface area contributed by atoms with E-state index in [1.165, 1.54) is 38.8 Å². The summed E-state index contributed by atoms with van der Waals surface area (Å²) in [6.07, 6.45) is 5.37. The van der Waals surface area contributed by atoms with Gasteiger partial charge in [0.15, 0.2) is 0 Å². The van der Waals surface area contributed by atoms with Crippen LogP contribution in [0.5, 0.6) is 0 Å². The van der Waals surface area contributed by atoms with Crippen LogP contribution in [0.4, 0.5) is 0 Å². The Labute approximate surface area is 192 Å². The summed E-state index contributed by atoms with van der Waals surface area (Å²) in [7, 11) is 0. The highest BCUT2D eigenvalue weighted by Gasteiger charge is 2.22. The molecule has 0 N–H and O–H groups in total. The molecular formula is C30H20ClN. The van der Waals surface area contributed by atoms with Gasteiger partial charge in [-0.05, 0) is 64.1 Å². The van der Waals surface area contributed by atoms with Gasteiger partial charge in [-0.1, -0.05) is 96.5 Å². The summed E-state index contributed by atoms with van der Waals surface area (Å²) in [5, 5.41) is 1.93. The van der Waals surface area contributed by atoms with Gasteiger partial charge in [0.25, 0.3) is 0 Å². The molecule has 0 radical (unpaired) electrons. The largest absolute Gasteiger partial charge is 0.248 e. The van der Waals surface area contributed by atoms with E-state index in [9.17, 15) is 0 Å². The topological polar surface area (TPSA) is 12.9 Å². The molecule has 0 unspecified atom stereocenters. The molecule has 1 aliphatic rings. The van der Waals surface area contributed by atoms with Crippen LogP contribution in [-0.2, 0) is 6.42 Å².